The Kier molecular flexibility index (Phi) is 6.74. The van der Waals surface area contributed by atoms with Crippen molar-refractivity contribution in [2.45, 2.75) is 19.6 Å². The van der Waals surface area contributed by atoms with E-state index >= 15 is 0 Å². The molecule has 0 saturated heterocycles. The van der Waals surface area contributed by atoms with Crippen molar-refractivity contribution in [3.05, 3.63) is 76.5 Å². The Morgan fingerprint density at radius 2 is 2.04 bits per heavy atom. The molecule has 0 atom stereocenters. The van der Waals surface area contributed by atoms with Crippen molar-refractivity contribution in [1.29, 1.82) is 0 Å². The van der Waals surface area contributed by atoms with Crippen LogP contribution in [0.4, 0.5) is 23.2 Å². The molecule has 0 spiro atoms. The van der Waals surface area contributed by atoms with E-state index in [1.165, 1.54) is 19.1 Å². The lowest BCUT2D eigenvalue weighted by Crippen LogP contribution is -2.14. The molecule has 142 valence electrons. The average molecular weight is 398 g/mol. The van der Waals surface area contributed by atoms with Crippen molar-refractivity contribution in [2.75, 3.05) is 5.32 Å². The van der Waals surface area contributed by atoms with Gasteiger partial charge < -0.3 is 5.32 Å². The van der Waals surface area contributed by atoms with Crippen LogP contribution < -0.4 is 5.32 Å². The highest BCUT2D eigenvalue weighted by molar-refractivity contribution is 6.30. The molecule has 1 N–H and O–H groups in total. The summed E-state index contributed by atoms with van der Waals surface area (Å²) >= 11 is 5.88. The quantitative estimate of drug-likeness (QED) is 0.354. The highest BCUT2D eigenvalue weighted by Gasteiger charge is 2.36. The van der Waals surface area contributed by atoms with Crippen LogP contribution in [0, 0.1) is 0 Å². The predicted octanol–water partition coefficient (Wildman–Crippen LogP) is 6.28. The highest BCUT2D eigenvalue weighted by Crippen LogP contribution is 2.35. The van der Waals surface area contributed by atoms with Gasteiger partial charge >= 0.3 is 6.18 Å². The van der Waals surface area contributed by atoms with Crippen LogP contribution >= 0.6 is 11.6 Å². The molecule has 2 aromatic rings. The Labute approximate surface area is 159 Å². The van der Waals surface area contributed by atoms with Crippen LogP contribution in [-0.4, -0.2) is 11.7 Å². The minimum absolute atomic E-state index is 0.0694. The summed E-state index contributed by atoms with van der Waals surface area (Å²) in [5, 5.41) is 3.20. The van der Waals surface area contributed by atoms with E-state index < -0.39 is 17.7 Å². The molecule has 0 saturated carbocycles. The van der Waals surface area contributed by atoms with E-state index in [0.717, 1.165) is 12.3 Å². The summed E-state index contributed by atoms with van der Waals surface area (Å²) in [5.74, 6) is -0.594. The summed E-state index contributed by atoms with van der Waals surface area (Å²) in [6.07, 6.45) is -2.52. The van der Waals surface area contributed by atoms with E-state index in [-0.39, 0.29) is 23.5 Å². The maximum absolute atomic E-state index is 13.5. The van der Waals surface area contributed by atoms with E-state index in [1.807, 2.05) is 0 Å². The first kappa shape index (κ1) is 20.6. The third kappa shape index (κ3) is 5.92. The second kappa shape index (κ2) is 8.81. The zero-order chi connectivity index (χ0) is 20.0. The van der Waals surface area contributed by atoms with Gasteiger partial charge in [-0.15, -0.1) is 0 Å². The molecule has 2 rings (SSSR count). The summed E-state index contributed by atoms with van der Waals surface area (Å²) in [4.78, 5) is 7.16. The highest BCUT2D eigenvalue weighted by atomic mass is 35.5. The fourth-order valence-electron chi connectivity index (χ4n) is 2.31. The van der Waals surface area contributed by atoms with Gasteiger partial charge in [0.15, 0.2) is 5.69 Å². The fraction of sp³-hybridized carbons (Fsp3) is 0.158. The Balaban J connectivity index is 2.40. The van der Waals surface area contributed by atoms with Crippen LogP contribution in [0.2, 0.25) is 5.02 Å². The third-order valence-electron chi connectivity index (χ3n) is 3.42. The Morgan fingerprint density at radius 3 is 2.63 bits per heavy atom. The molecule has 1 aromatic heterocycles. The van der Waals surface area contributed by atoms with E-state index in [4.69, 9.17) is 11.6 Å². The van der Waals surface area contributed by atoms with Crippen molar-refractivity contribution in [3.63, 3.8) is 0 Å². The van der Waals surface area contributed by atoms with Crippen molar-refractivity contribution < 1.29 is 17.6 Å². The van der Waals surface area contributed by atoms with Crippen molar-refractivity contribution in [1.82, 2.24) is 4.98 Å². The lowest BCUT2D eigenvalue weighted by Gasteiger charge is -2.15. The van der Waals surface area contributed by atoms with Gasteiger partial charge in [-0.2, -0.15) is 13.2 Å². The number of rotatable bonds is 6. The number of nitrogens with one attached hydrogen (secondary N) is 1. The van der Waals surface area contributed by atoms with Gasteiger partial charge in [0.05, 0.1) is 17.2 Å². The fourth-order valence-corrected chi connectivity index (χ4v) is 2.53. The number of aromatic nitrogens is 1. The normalized spacial score (nSPS) is 12.8. The lowest BCUT2D eigenvalue weighted by molar-refractivity contribution is -0.140. The number of hydrogen-bond donors (Lipinski definition) is 1. The molecule has 1 aromatic carbocycles. The van der Waals surface area contributed by atoms with Gasteiger partial charge in [0.25, 0.3) is 0 Å². The first-order chi connectivity index (χ1) is 12.7. The smallest absolute Gasteiger partial charge is 0.379 e. The van der Waals surface area contributed by atoms with Gasteiger partial charge in [-0.25, -0.2) is 9.37 Å². The van der Waals surface area contributed by atoms with Crippen LogP contribution in [0.5, 0.6) is 0 Å². The number of nitrogens with zero attached hydrogens (tertiary/aromatic N) is 2. The van der Waals surface area contributed by atoms with Gasteiger partial charge in [-0.1, -0.05) is 23.7 Å². The molecule has 0 radical (unpaired) electrons. The summed E-state index contributed by atoms with van der Waals surface area (Å²) in [6, 6.07) is 9.36. The zero-order valence-electron chi connectivity index (χ0n) is 14.3. The van der Waals surface area contributed by atoms with Gasteiger partial charge in [0, 0.05) is 23.3 Å². The maximum Gasteiger partial charge on any atom is 0.435 e. The molecule has 27 heavy (non-hydrogen) atoms. The molecular formula is C19H16ClF4N3. The molecule has 0 aliphatic heterocycles. The van der Waals surface area contributed by atoms with Crippen LogP contribution in [0.3, 0.4) is 0 Å². The van der Waals surface area contributed by atoms with Gasteiger partial charge in [0.2, 0.25) is 0 Å². The molecule has 8 heteroatoms. The number of hydrogen-bond acceptors (Lipinski definition) is 3. The maximum atomic E-state index is 13.5. The van der Waals surface area contributed by atoms with Gasteiger partial charge in [-0.3, -0.25) is 4.99 Å². The number of allylic oxidation sites excluding steroid dienone is 3. The summed E-state index contributed by atoms with van der Waals surface area (Å²) in [5.41, 5.74) is -0.580. The third-order valence-corrected chi connectivity index (χ3v) is 3.65. The van der Waals surface area contributed by atoms with Crippen molar-refractivity contribution in [3.8, 4) is 0 Å². The Bertz CT molecular complexity index is 885. The first-order valence-corrected chi connectivity index (χ1v) is 8.15. The number of anilines is 1. The molecule has 1 heterocycles. The molecule has 0 unspecified atom stereocenters. The number of benzene rings is 1. The number of aliphatic imine (C=N–C) groups is 1. The minimum Gasteiger partial charge on any atom is -0.379 e. The number of halogens is 5. The zero-order valence-corrected chi connectivity index (χ0v) is 15.1. The van der Waals surface area contributed by atoms with Crippen LogP contribution in [0.25, 0.3) is 5.57 Å². The molecular weight excluding hydrogens is 382 g/mol. The molecule has 0 aliphatic rings. The summed E-state index contributed by atoms with van der Waals surface area (Å²) in [7, 11) is 0. The monoisotopic (exact) mass is 397 g/mol. The van der Waals surface area contributed by atoms with E-state index in [9.17, 15) is 17.6 Å². The standard InChI is InChI=1S/C19H16ClF4N3/c1-12(21)8-14(11-25-2)16-6-7-17(18(27-16)19(22,23)24)26-10-13-4-3-5-15(20)9-13/h3-9,11,26H,2,10H2,1H3/b12-8+,14-11+. The SMILES string of the molecule is C=N/C=C(\C=C(/C)F)c1ccc(NCc2cccc(Cl)c2)c(C(F)(F)F)n1. The van der Waals surface area contributed by atoms with Crippen LogP contribution in [0.1, 0.15) is 23.9 Å². The first-order valence-electron chi connectivity index (χ1n) is 7.77. The number of pyridine rings is 1. The molecule has 0 amide bonds. The van der Waals surface area contributed by atoms with Crippen molar-refractivity contribution >= 4 is 29.6 Å². The number of alkyl halides is 3. The molecule has 0 bridgehead atoms. The lowest BCUT2D eigenvalue weighted by atomic mass is 10.1. The van der Waals surface area contributed by atoms with E-state index in [2.05, 4.69) is 22.0 Å². The summed E-state index contributed by atoms with van der Waals surface area (Å²) in [6.45, 7) is 4.54. The van der Waals surface area contributed by atoms with Crippen molar-refractivity contribution in [2.24, 2.45) is 4.99 Å². The van der Waals surface area contributed by atoms with Crippen LogP contribution in [-0.2, 0) is 12.7 Å². The van der Waals surface area contributed by atoms with Gasteiger partial charge in [0.1, 0.15) is 0 Å². The van der Waals surface area contributed by atoms with E-state index in [1.54, 1.807) is 24.3 Å². The minimum atomic E-state index is -4.70. The largest absolute Gasteiger partial charge is 0.435 e. The Morgan fingerprint density at radius 1 is 1.30 bits per heavy atom. The van der Waals surface area contributed by atoms with E-state index in [0.29, 0.717) is 10.6 Å². The summed E-state index contributed by atoms with van der Waals surface area (Å²) < 4.78 is 53.6. The second-order valence-corrected chi connectivity index (χ2v) is 6.01. The topological polar surface area (TPSA) is 37.3 Å². The average Bonchev–Trinajstić information content (AvgIpc) is 2.58. The predicted molar refractivity (Wildman–Crippen MR) is 100 cm³/mol. The molecule has 0 fully saturated rings. The second-order valence-electron chi connectivity index (χ2n) is 5.57. The molecule has 3 nitrogen and oxygen atoms in total. The van der Waals surface area contributed by atoms with Crippen LogP contribution in [0.15, 0.2) is 59.5 Å². The molecule has 0 aliphatic carbocycles. The van der Waals surface area contributed by atoms with Gasteiger partial charge in [-0.05, 0) is 49.5 Å². The Hall–Kier alpha value is -2.67.